The number of carbonyl (C=O) groups excluding carboxylic acids is 1. The van der Waals surface area contributed by atoms with E-state index in [4.69, 9.17) is 0 Å². The number of carbonyl (C=O) groups is 1. The molecule has 3 aromatic rings. The van der Waals surface area contributed by atoms with E-state index in [0.29, 0.717) is 18.3 Å². The van der Waals surface area contributed by atoms with Gasteiger partial charge in [0.05, 0.1) is 5.75 Å². The first-order valence-corrected chi connectivity index (χ1v) is 11.0. The van der Waals surface area contributed by atoms with Crippen LogP contribution >= 0.6 is 23.1 Å². The molecular weight excluding hydrogens is 376 g/mol. The van der Waals surface area contributed by atoms with Gasteiger partial charge in [0.1, 0.15) is 5.82 Å². The third kappa shape index (κ3) is 4.59. The summed E-state index contributed by atoms with van der Waals surface area (Å²) in [6, 6.07) is 12.8. The predicted molar refractivity (Wildman–Crippen MR) is 109 cm³/mol. The van der Waals surface area contributed by atoms with E-state index in [-0.39, 0.29) is 5.91 Å². The standard InChI is InChI=1S/C20H22N4OS2/c1-14-5-2-3-6-15(14)12-21-19(25)13-27-20-23-22-18(24(20)16-8-9-16)11-17-7-4-10-26-17/h2-7,10,16H,8-9,11-13H2,1H3,(H,21,25). The Morgan fingerprint density at radius 2 is 2.11 bits per heavy atom. The monoisotopic (exact) mass is 398 g/mol. The number of hydrogen-bond acceptors (Lipinski definition) is 5. The molecule has 0 radical (unpaired) electrons. The van der Waals surface area contributed by atoms with Gasteiger partial charge in [-0.15, -0.1) is 21.5 Å². The zero-order valence-electron chi connectivity index (χ0n) is 15.2. The Hall–Kier alpha value is -2.12. The molecule has 27 heavy (non-hydrogen) atoms. The van der Waals surface area contributed by atoms with E-state index >= 15 is 0 Å². The fraction of sp³-hybridized carbons (Fsp3) is 0.350. The molecule has 2 heterocycles. The number of aromatic nitrogens is 3. The number of benzene rings is 1. The molecule has 2 aromatic heterocycles. The van der Waals surface area contributed by atoms with Crippen molar-refractivity contribution in [1.29, 1.82) is 0 Å². The summed E-state index contributed by atoms with van der Waals surface area (Å²) in [5.41, 5.74) is 2.34. The SMILES string of the molecule is Cc1ccccc1CNC(=O)CSc1nnc(Cc2cccs2)n1C1CC1. The van der Waals surface area contributed by atoms with Gasteiger partial charge in [0, 0.05) is 23.9 Å². The molecule has 1 fully saturated rings. The van der Waals surface area contributed by atoms with Gasteiger partial charge in [0.25, 0.3) is 0 Å². The van der Waals surface area contributed by atoms with Crippen LogP contribution in [0.15, 0.2) is 46.9 Å². The highest BCUT2D eigenvalue weighted by Gasteiger charge is 2.29. The smallest absolute Gasteiger partial charge is 0.230 e. The molecule has 140 valence electrons. The van der Waals surface area contributed by atoms with Crippen LogP contribution in [0.2, 0.25) is 0 Å². The number of thioether (sulfide) groups is 1. The van der Waals surface area contributed by atoms with Crippen LogP contribution in [0.5, 0.6) is 0 Å². The highest BCUT2D eigenvalue weighted by atomic mass is 32.2. The number of hydrogen-bond donors (Lipinski definition) is 1. The number of amides is 1. The molecule has 1 aromatic carbocycles. The maximum absolute atomic E-state index is 12.3. The number of nitrogens with zero attached hydrogens (tertiary/aromatic N) is 3. The van der Waals surface area contributed by atoms with Gasteiger partial charge in [-0.2, -0.15) is 0 Å². The van der Waals surface area contributed by atoms with E-state index in [9.17, 15) is 4.79 Å². The maximum Gasteiger partial charge on any atom is 0.230 e. The average Bonchev–Trinajstić information content (AvgIpc) is 3.22. The summed E-state index contributed by atoms with van der Waals surface area (Å²) < 4.78 is 2.24. The molecule has 1 N–H and O–H groups in total. The van der Waals surface area contributed by atoms with Crippen LogP contribution in [0.1, 0.15) is 40.7 Å². The van der Waals surface area contributed by atoms with Crippen LogP contribution in [0.3, 0.4) is 0 Å². The summed E-state index contributed by atoms with van der Waals surface area (Å²) in [6.07, 6.45) is 3.15. The van der Waals surface area contributed by atoms with Gasteiger partial charge in [-0.1, -0.05) is 42.1 Å². The molecule has 4 rings (SSSR count). The topological polar surface area (TPSA) is 59.8 Å². The van der Waals surface area contributed by atoms with Crippen LogP contribution in [0, 0.1) is 6.92 Å². The molecule has 0 atom stereocenters. The Morgan fingerprint density at radius 1 is 1.26 bits per heavy atom. The van der Waals surface area contributed by atoms with Crippen molar-refractivity contribution in [1.82, 2.24) is 20.1 Å². The highest BCUT2D eigenvalue weighted by Crippen LogP contribution is 2.39. The zero-order valence-corrected chi connectivity index (χ0v) is 16.9. The summed E-state index contributed by atoms with van der Waals surface area (Å²) >= 11 is 3.22. The Balaban J connectivity index is 1.36. The van der Waals surface area contributed by atoms with E-state index in [1.165, 1.54) is 35.0 Å². The molecule has 0 aliphatic heterocycles. The van der Waals surface area contributed by atoms with Crippen LogP contribution in [-0.4, -0.2) is 26.4 Å². The van der Waals surface area contributed by atoms with Gasteiger partial charge in [0.15, 0.2) is 5.16 Å². The Morgan fingerprint density at radius 3 is 2.85 bits per heavy atom. The molecule has 1 aliphatic carbocycles. The lowest BCUT2D eigenvalue weighted by Crippen LogP contribution is -2.25. The summed E-state index contributed by atoms with van der Waals surface area (Å²) in [7, 11) is 0. The van der Waals surface area contributed by atoms with Gasteiger partial charge < -0.3 is 9.88 Å². The quantitative estimate of drug-likeness (QED) is 0.583. The molecule has 7 heteroatoms. The second-order valence-electron chi connectivity index (χ2n) is 6.75. The van der Waals surface area contributed by atoms with Gasteiger partial charge in [0.2, 0.25) is 5.91 Å². The normalized spacial score (nSPS) is 13.7. The lowest BCUT2D eigenvalue weighted by molar-refractivity contribution is -0.118. The largest absolute Gasteiger partial charge is 0.351 e. The molecule has 1 amide bonds. The van der Waals surface area contributed by atoms with Crippen molar-refractivity contribution in [2.24, 2.45) is 0 Å². The summed E-state index contributed by atoms with van der Waals surface area (Å²) in [4.78, 5) is 13.6. The van der Waals surface area contributed by atoms with E-state index in [2.05, 4.69) is 50.6 Å². The molecule has 0 saturated heterocycles. The van der Waals surface area contributed by atoms with Crippen LogP contribution < -0.4 is 5.32 Å². The molecule has 1 aliphatic rings. The van der Waals surface area contributed by atoms with Gasteiger partial charge >= 0.3 is 0 Å². The van der Waals surface area contributed by atoms with Crippen molar-refractivity contribution in [3.8, 4) is 0 Å². The van der Waals surface area contributed by atoms with Gasteiger partial charge in [-0.05, 0) is 42.3 Å². The molecule has 0 unspecified atom stereocenters. The fourth-order valence-electron chi connectivity index (χ4n) is 2.98. The van der Waals surface area contributed by atoms with Crippen molar-refractivity contribution in [2.75, 3.05) is 5.75 Å². The number of thiophene rings is 1. The summed E-state index contributed by atoms with van der Waals surface area (Å²) in [5.74, 6) is 1.38. The van der Waals surface area contributed by atoms with E-state index in [1.807, 2.05) is 18.2 Å². The van der Waals surface area contributed by atoms with Crippen molar-refractivity contribution < 1.29 is 4.79 Å². The molecular formula is C20H22N4OS2. The Labute approximate surface area is 167 Å². The van der Waals surface area contributed by atoms with Crippen molar-refractivity contribution in [3.05, 3.63) is 63.6 Å². The number of rotatable bonds is 8. The Bertz CT molecular complexity index is 916. The lowest BCUT2D eigenvalue weighted by atomic mass is 10.1. The number of aryl methyl sites for hydroxylation is 1. The maximum atomic E-state index is 12.3. The second kappa shape index (κ2) is 8.27. The van der Waals surface area contributed by atoms with Crippen molar-refractivity contribution in [3.63, 3.8) is 0 Å². The first kappa shape index (κ1) is 18.3. The van der Waals surface area contributed by atoms with Gasteiger partial charge in [-0.3, -0.25) is 4.79 Å². The Kier molecular flexibility index (Phi) is 5.59. The van der Waals surface area contributed by atoms with Crippen molar-refractivity contribution in [2.45, 2.75) is 43.9 Å². The van der Waals surface area contributed by atoms with Crippen LogP contribution in [-0.2, 0) is 17.8 Å². The summed E-state index contributed by atoms with van der Waals surface area (Å²) in [6.45, 7) is 2.62. The summed E-state index contributed by atoms with van der Waals surface area (Å²) in [5, 5.41) is 14.7. The fourth-order valence-corrected chi connectivity index (χ4v) is 4.53. The lowest BCUT2D eigenvalue weighted by Gasteiger charge is -2.09. The van der Waals surface area contributed by atoms with E-state index < -0.39 is 0 Å². The minimum atomic E-state index is 0.0217. The van der Waals surface area contributed by atoms with Crippen LogP contribution in [0.25, 0.3) is 0 Å². The van der Waals surface area contributed by atoms with Gasteiger partial charge in [-0.25, -0.2) is 0 Å². The average molecular weight is 399 g/mol. The zero-order chi connectivity index (χ0) is 18.6. The first-order chi connectivity index (χ1) is 13.2. The molecule has 0 spiro atoms. The third-order valence-electron chi connectivity index (χ3n) is 4.63. The minimum absolute atomic E-state index is 0.0217. The molecule has 0 bridgehead atoms. The number of nitrogens with one attached hydrogen (secondary N) is 1. The first-order valence-electron chi connectivity index (χ1n) is 9.11. The highest BCUT2D eigenvalue weighted by molar-refractivity contribution is 7.99. The van der Waals surface area contributed by atoms with E-state index in [1.54, 1.807) is 11.3 Å². The van der Waals surface area contributed by atoms with Crippen LogP contribution in [0.4, 0.5) is 0 Å². The molecule has 5 nitrogen and oxygen atoms in total. The van der Waals surface area contributed by atoms with E-state index in [0.717, 1.165) is 23.0 Å². The predicted octanol–water partition coefficient (Wildman–Crippen LogP) is 3.98. The minimum Gasteiger partial charge on any atom is -0.351 e. The second-order valence-corrected chi connectivity index (χ2v) is 8.72. The third-order valence-corrected chi connectivity index (χ3v) is 6.45. The van der Waals surface area contributed by atoms with Crippen molar-refractivity contribution >= 4 is 29.0 Å². The molecule has 1 saturated carbocycles.